The normalized spacial score (nSPS) is 10.5. The number of halogens is 2. The molecule has 0 aliphatic heterocycles. The molecule has 4 nitrogen and oxygen atoms in total. The minimum Gasteiger partial charge on any atom is -0.302 e. The summed E-state index contributed by atoms with van der Waals surface area (Å²) in [5.74, 6) is -0.249. The van der Waals surface area contributed by atoms with Crippen LogP contribution in [-0.2, 0) is 4.79 Å². The molecule has 0 atom stereocenters. The third kappa shape index (κ3) is 2.72. The van der Waals surface area contributed by atoms with Crippen molar-refractivity contribution in [2.75, 3.05) is 5.32 Å². The maximum Gasteiger partial charge on any atom is 0.245 e. The number of anilines is 1. The van der Waals surface area contributed by atoms with E-state index in [0.29, 0.717) is 20.5 Å². The monoisotopic (exact) mass is 376 g/mol. The van der Waals surface area contributed by atoms with Crippen LogP contribution < -0.4 is 10.1 Å². The van der Waals surface area contributed by atoms with E-state index in [1.165, 1.54) is 6.92 Å². The number of nitrogens with one attached hydrogen (secondary N) is 1. The van der Waals surface area contributed by atoms with Crippen molar-refractivity contribution in [2.45, 2.75) is 6.92 Å². The molecule has 0 saturated carbocycles. The van der Waals surface area contributed by atoms with Crippen molar-refractivity contribution < 1.29 is 4.79 Å². The third-order valence-electron chi connectivity index (χ3n) is 1.93. The predicted molar refractivity (Wildman–Crippen MR) is 75.6 cm³/mol. The van der Waals surface area contributed by atoms with Gasteiger partial charge in [0.05, 0.1) is 10.9 Å². The van der Waals surface area contributed by atoms with Crippen LogP contribution in [0.3, 0.4) is 0 Å². The second-order valence-corrected chi connectivity index (χ2v) is 6.00. The van der Waals surface area contributed by atoms with Crippen LogP contribution in [0.25, 0.3) is 10.9 Å². The Morgan fingerprint density at radius 2 is 2.12 bits per heavy atom. The first-order valence-electron chi connectivity index (χ1n) is 4.55. The van der Waals surface area contributed by atoms with Crippen molar-refractivity contribution in [3.8, 4) is 0 Å². The summed E-state index contributed by atoms with van der Waals surface area (Å²) in [6.07, 6.45) is 0. The maximum absolute atomic E-state index is 11.9. The standard InChI is InChI=1S/C10H6Br2N2O2S/c1-4(15)13-10-14-8-6(9(16)17-10)2-5(11)3-7(8)12/h2-3H,1H3,(H,13,14,15). The van der Waals surface area contributed by atoms with E-state index in [2.05, 4.69) is 42.2 Å². The van der Waals surface area contributed by atoms with Crippen LogP contribution in [0.2, 0.25) is 0 Å². The van der Waals surface area contributed by atoms with E-state index in [9.17, 15) is 9.59 Å². The van der Waals surface area contributed by atoms with Gasteiger partial charge in [-0.1, -0.05) is 27.3 Å². The molecule has 1 aromatic carbocycles. The van der Waals surface area contributed by atoms with Crippen LogP contribution in [0.5, 0.6) is 0 Å². The van der Waals surface area contributed by atoms with Crippen molar-refractivity contribution >= 4 is 65.1 Å². The molecule has 7 heteroatoms. The number of benzene rings is 1. The zero-order chi connectivity index (χ0) is 12.6. The van der Waals surface area contributed by atoms with Crippen molar-refractivity contribution in [2.24, 2.45) is 0 Å². The van der Waals surface area contributed by atoms with Gasteiger partial charge in [0.2, 0.25) is 10.6 Å². The molecule has 1 aromatic heterocycles. The Bertz CT molecular complexity index is 669. The van der Waals surface area contributed by atoms with Gasteiger partial charge in [0.15, 0.2) is 5.13 Å². The van der Waals surface area contributed by atoms with E-state index < -0.39 is 0 Å². The molecule has 1 heterocycles. The summed E-state index contributed by atoms with van der Waals surface area (Å²) in [6, 6.07) is 3.51. The Labute approximate surface area is 117 Å². The number of nitrogens with zero attached hydrogens (tertiary/aromatic N) is 1. The van der Waals surface area contributed by atoms with E-state index in [-0.39, 0.29) is 10.6 Å². The number of hydrogen-bond donors (Lipinski definition) is 1. The molecule has 0 aliphatic rings. The summed E-state index contributed by atoms with van der Waals surface area (Å²) in [7, 11) is 0. The molecule has 0 bridgehead atoms. The fraction of sp³-hybridized carbons (Fsp3) is 0.100. The SMILES string of the molecule is CC(=O)Nc1nc2c(Br)cc(Br)cc2c(=O)s1. The highest BCUT2D eigenvalue weighted by atomic mass is 79.9. The Hall–Kier alpha value is -0.790. The molecule has 0 aliphatic carbocycles. The fourth-order valence-electron chi connectivity index (χ4n) is 1.31. The Morgan fingerprint density at radius 3 is 2.76 bits per heavy atom. The molecule has 2 aromatic rings. The van der Waals surface area contributed by atoms with Crippen molar-refractivity contribution in [1.82, 2.24) is 4.98 Å². The lowest BCUT2D eigenvalue weighted by molar-refractivity contribution is -0.114. The van der Waals surface area contributed by atoms with Crippen molar-refractivity contribution in [3.05, 3.63) is 30.6 Å². The quantitative estimate of drug-likeness (QED) is 0.830. The first-order valence-corrected chi connectivity index (χ1v) is 6.95. The zero-order valence-electron chi connectivity index (χ0n) is 8.58. The summed E-state index contributed by atoms with van der Waals surface area (Å²) in [4.78, 5) is 27.0. The van der Waals surface area contributed by atoms with E-state index in [1.54, 1.807) is 12.1 Å². The molecule has 1 amide bonds. The van der Waals surface area contributed by atoms with E-state index in [4.69, 9.17) is 0 Å². The number of carbonyl (C=O) groups excluding carboxylic acids is 1. The molecule has 0 saturated heterocycles. The van der Waals surface area contributed by atoms with Crippen molar-refractivity contribution in [1.29, 1.82) is 0 Å². The summed E-state index contributed by atoms with van der Waals surface area (Å²) < 4.78 is 1.37. The lowest BCUT2D eigenvalue weighted by Gasteiger charge is -2.03. The minimum absolute atomic E-state index is 0.138. The average molecular weight is 378 g/mol. The number of amides is 1. The molecule has 0 radical (unpaired) electrons. The fourth-order valence-corrected chi connectivity index (χ4v) is 3.39. The van der Waals surface area contributed by atoms with Crippen LogP contribution in [0, 0.1) is 0 Å². The maximum atomic E-state index is 11.9. The Balaban J connectivity index is 2.73. The summed E-state index contributed by atoms with van der Waals surface area (Å²) in [5.41, 5.74) is 0.542. The summed E-state index contributed by atoms with van der Waals surface area (Å²) >= 11 is 7.57. The second kappa shape index (κ2) is 4.83. The number of hydrogen-bond acceptors (Lipinski definition) is 4. The molecule has 2 rings (SSSR count). The van der Waals surface area contributed by atoms with Crippen LogP contribution >= 0.6 is 43.2 Å². The van der Waals surface area contributed by atoms with Gasteiger partial charge in [0.1, 0.15) is 0 Å². The summed E-state index contributed by atoms with van der Waals surface area (Å²) in [5, 5.41) is 3.34. The van der Waals surface area contributed by atoms with Crippen LogP contribution in [-0.4, -0.2) is 10.9 Å². The largest absolute Gasteiger partial charge is 0.302 e. The first kappa shape index (κ1) is 12.7. The van der Waals surface area contributed by atoms with Gasteiger partial charge in [-0.2, -0.15) is 0 Å². The number of carbonyl (C=O) groups is 1. The molecule has 1 N–H and O–H groups in total. The van der Waals surface area contributed by atoms with Gasteiger partial charge in [-0.05, 0) is 28.1 Å². The minimum atomic E-state index is -0.249. The average Bonchev–Trinajstić information content (AvgIpc) is 2.19. The highest BCUT2D eigenvalue weighted by molar-refractivity contribution is 9.11. The molecular formula is C10H6Br2N2O2S. The highest BCUT2D eigenvalue weighted by Gasteiger charge is 2.09. The molecule has 0 unspecified atom stereocenters. The van der Waals surface area contributed by atoms with E-state index in [1.807, 2.05) is 0 Å². The van der Waals surface area contributed by atoms with Gasteiger partial charge in [0, 0.05) is 15.9 Å². The number of fused-ring (bicyclic) bond motifs is 1. The lowest BCUT2D eigenvalue weighted by Crippen LogP contribution is -2.09. The van der Waals surface area contributed by atoms with E-state index in [0.717, 1.165) is 15.8 Å². The summed E-state index contributed by atoms with van der Waals surface area (Å²) in [6.45, 7) is 1.37. The molecule has 0 fully saturated rings. The van der Waals surface area contributed by atoms with Crippen LogP contribution in [0.15, 0.2) is 25.9 Å². The van der Waals surface area contributed by atoms with Crippen LogP contribution in [0.1, 0.15) is 6.92 Å². The molecule has 0 spiro atoms. The smallest absolute Gasteiger partial charge is 0.245 e. The first-order chi connectivity index (χ1) is 7.97. The van der Waals surface area contributed by atoms with Gasteiger partial charge in [0.25, 0.3) is 0 Å². The molecule has 17 heavy (non-hydrogen) atoms. The van der Waals surface area contributed by atoms with Gasteiger partial charge >= 0.3 is 0 Å². The lowest BCUT2D eigenvalue weighted by atomic mass is 10.2. The van der Waals surface area contributed by atoms with Gasteiger partial charge in [-0.3, -0.25) is 9.59 Å². The van der Waals surface area contributed by atoms with Gasteiger partial charge in [-0.15, -0.1) is 0 Å². The third-order valence-corrected chi connectivity index (χ3v) is 3.79. The van der Waals surface area contributed by atoms with Crippen molar-refractivity contribution in [3.63, 3.8) is 0 Å². The zero-order valence-corrected chi connectivity index (χ0v) is 12.6. The molecule has 88 valence electrons. The van der Waals surface area contributed by atoms with Gasteiger partial charge in [-0.25, -0.2) is 4.98 Å². The van der Waals surface area contributed by atoms with Gasteiger partial charge < -0.3 is 5.32 Å². The Morgan fingerprint density at radius 1 is 1.41 bits per heavy atom. The molecular weight excluding hydrogens is 372 g/mol. The topological polar surface area (TPSA) is 59.1 Å². The van der Waals surface area contributed by atoms with Crippen LogP contribution in [0.4, 0.5) is 5.13 Å². The predicted octanol–water partition coefficient (Wildman–Crippen LogP) is 3.14. The highest BCUT2D eigenvalue weighted by Crippen LogP contribution is 2.27. The second-order valence-electron chi connectivity index (χ2n) is 3.27. The Kier molecular flexibility index (Phi) is 3.60. The van der Waals surface area contributed by atoms with E-state index >= 15 is 0 Å². The number of aromatic nitrogens is 1. The number of rotatable bonds is 1.